The summed E-state index contributed by atoms with van der Waals surface area (Å²) in [4.78, 5) is 23.2. The van der Waals surface area contributed by atoms with Crippen molar-refractivity contribution in [1.29, 1.82) is 0 Å². The number of carbonyl (C=O) groups is 1. The van der Waals surface area contributed by atoms with Crippen molar-refractivity contribution in [1.82, 2.24) is 14.9 Å². The number of ether oxygens (including phenoxy) is 1. The molecule has 2 aromatic rings. The minimum absolute atomic E-state index is 0.266. The Bertz CT molecular complexity index is 779. The normalized spacial score (nSPS) is 15.7. The van der Waals surface area contributed by atoms with Crippen LogP contribution in [-0.2, 0) is 4.74 Å². The average Bonchev–Trinajstić information content (AvgIpc) is 2.91. The molecule has 0 aliphatic carbocycles. The lowest BCUT2D eigenvalue weighted by atomic mass is 10.1. The molecule has 0 radical (unpaired) electrons. The Hall–Kier alpha value is -1.66. The van der Waals surface area contributed by atoms with Crippen LogP contribution in [0.1, 0.15) is 32.1 Å². The Labute approximate surface area is 143 Å². The molecule has 7 heteroatoms. The van der Waals surface area contributed by atoms with Gasteiger partial charge in [-0.1, -0.05) is 17.7 Å². The molecule has 1 aliphatic heterocycles. The molecule has 0 saturated carbocycles. The van der Waals surface area contributed by atoms with Crippen LogP contribution in [0.3, 0.4) is 0 Å². The summed E-state index contributed by atoms with van der Waals surface area (Å²) in [6.07, 6.45) is 4.06. The highest BCUT2D eigenvalue weighted by Gasteiger charge is 2.24. The minimum Gasteiger partial charge on any atom is -0.444 e. The van der Waals surface area contributed by atoms with Crippen LogP contribution in [0.15, 0.2) is 18.5 Å². The highest BCUT2D eigenvalue weighted by molar-refractivity contribution is 7.20. The molecule has 122 valence electrons. The lowest BCUT2D eigenvalue weighted by Crippen LogP contribution is -2.39. The summed E-state index contributed by atoms with van der Waals surface area (Å²) in [5, 5.41) is 0.484. The first-order valence-electron chi connectivity index (χ1n) is 7.41. The van der Waals surface area contributed by atoms with Crippen LogP contribution in [0.5, 0.6) is 0 Å². The van der Waals surface area contributed by atoms with Crippen LogP contribution in [-0.4, -0.2) is 39.7 Å². The maximum atomic E-state index is 12.1. The molecule has 0 bridgehead atoms. The highest BCUT2D eigenvalue weighted by atomic mass is 35.5. The van der Waals surface area contributed by atoms with Crippen LogP contribution in [0.2, 0.25) is 5.15 Å². The maximum Gasteiger partial charge on any atom is 0.410 e. The number of hydrogen-bond donors (Lipinski definition) is 0. The molecule has 2 aromatic heterocycles. The van der Waals surface area contributed by atoms with Crippen molar-refractivity contribution < 1.29 is 9.53 Å². The summed E-state index contributed by atoms with van der Waals surface area (Å²) in [5.41, 5.74) is 1.60. The molecule has 1 amide bonds. The first kappa shape index (κ1) is 16.2. The fraction of sp³-hybridized carbons (Fsp3) is 0.438. The van der Waals surface area contributed by atoms with Crippen molar-refractivity contribution in [2.24, 2.45) is 0 Å². The van der Waals surface area contributed by atoms with Crippen molar-refractivity contribution in [2.45, 2.75) is 32.8 Å². The van der Waals surface area contributed by atoms with E-state index in [0.717, 1.165) is 21.5 Å². The van der Waals surface area contributed by atoms with Gasteiger partial charge in [-0.15, -0.1) is 11.3 Å². The van der Waals surface area contributed by atoms with E-state index in [1.807, 2.05) is 26.8 Å². The van der Waals surface area contributed by atoms with Gasteiger partial charge in [0.2, 0.25) is 0 Å². The molecule has 0 N–H and O–H groups in total. The lowest BCUT2D eigenvalue weighted by molar-refractivity contribution is 0.0270. The predicted molar refractivity (Wildman–Crippen MR) is 92.8 cm³/mol. The van der Waals surface area contributed by atoms with Gasteiger partial charge in [0.05, 0.1) is 10.2 Å². The van der Waals surface area contributed by atoms with Gasteiger partial charge in [-0.2, -0.15) is 0 Å². The zero-order valence-corrected chi connectivity index (χ0v) is 14.9. The summed E-state index contributed by atoms with van der Waals surface area (Å²) < 4.78 is 6.31. The second-order valence-corrected chi connectivity index (χ2v) is 7.81. The third-order valence-electron chi connectivity index (χ3n) is 3.45. The van der Waals surface area contributed by atoms with Gasteiger partial charge in [-0.25, -0.2) is 14.8 Å². The quantitative estimate of drug-likeness (QED) is 0.716. The van der Waals surface area contributed by atoms with E-state index >= 15 is 0 Å². The van der Waals surface area contributed by atoms with Gasteiger partial charge in [-0.3, -0.25) is 0 Å². The van der Waals surface area contributed by atoms with Gasteiger partial charge < -0.3 is 9.64 Å². The molecule has 23 heavy (non-hydrogen) atoms. The lowest BCUT2D eigenvalue weighted by Gasteiger charge is -2.29. The van der Waals surface area contributed by atoms with E-state index in [4.69, 9.17) is 16.3 Å². The van der Waals surface area contributed by atoms with E-state index in [2.05, 4.69) is 16.0 Å². The summed E-state index contributed by atoms with van der Waals surface area (Å²) in [7, 11) is 0. The molecule has 0 aromatic carbocycles. The molecule has 0 atom stereocenters. The van der Waals surface area contributed by atoms with Crippen molar-refractivity contribution in [3.63, 3.8) is 0 Å². The number of nitrogens with zero attached hydrogens (tertiary/aromatic N) is 3. The van der Waals surface area contributed by atoms with Crippen molar-refractivity contribution >= 4 is 44.8 Å². The Balaban J connectivity index is 1.75. The minimum atomic E-state index is -0.470. The SMILES string of the molecule is CC(C)(C)OC(=O)N1CC=C(c2cc3ncnc(Cl)c3s2)CC1. The summed E-state index contributed by atoms with van der Waals surface area (Å²) in [6, 6.07) is 2.03. The maximum absolute atomic E-state index is 12.1. The smallest absolute Gasteiger partial charge is 0.410 e. The van der Waals surface area contributed by atoms with E-state index in [9.17, 15) is 4.79 Å². The summed E-state index contributed by atoms with van der Waals surface area (Å²) in [6.45, 7) is 6.82. The molecular formula is C16H18ClN3O2S. The first-order chi connectivity index (χ1) is 10.8. The number of thiophene rings is 1. The number of hydrogen-bond acceptors (Lipinski definition) is 5. The van der Waals surface area contributed by atoms with E-state index < -0.39 is 5.60 Å². The fourth-order valence-corrected chi connectivity index (χ4v) is 3.69. The van der Waals surface area contributed by atoms with Gasteiger partial charge in [0.25, 0.3) is 0 Å². The molecule has 1 aliphatic rings. The summed E-state index contributed by atoms with van der Waals surface area (Å²) >= 11 is 7.70. The zero-order chi connectivity index (χ0) is 16.6. The van der Waals surface area contributed by atoms with Crippen molar-refractivity contribution in [2.75, 3.05) is 13.1 Å². The van der Waals surface area contributed by atoms with Gasteiger partial charge in [0, 0.05) is 18.0 Å². The number of halogens is 1. The predicted octanol–water partition coefficient (Wildman–Crippen LogP) is 4.37. The first-order valence-corrected chi connectivity index (χ1v) is 8.60. The number of carbonyl (C=O) groups excluding carboxylic acids is 1. The van der Waals surface area contributed by atoms with Gasteiger partial charge >= 0.3 is 6.09 Å². The third-order valence-corrected chi connectivity index (χ3v) is 5.05. The molecule has 5 nitrogen and oxygen atoms in total. The fourth-order valence-electron chi connectivity index (χ4n) is 2.37. The van der Waals surface area contributed by atoms with Gasteiger partial charge in [0.1, 0.15) is 17.1 Å². The van der Waals surface area contributed by atoms with Crippen molar-refractivity contribution in [3.05, 3.63) is 28.5 Å². The topological polar surface area (TPSA) is 55.3 Å². The van der Waals surface area contributed by atoms with Crippen LogP contribution in [0.4, 0.5) is 4.79 Å². The largest absolute Gasteiger partial charge is 0.444 e. The third kappa shape index (κ3) is 3.64. The van der Waals surface area contributed by atoms with Crippen molar-refractivity contribution in [3.8, 4) is 0 Å². The van der Waals surface area contributed by atoms with Crippen LogP contribution in [0, 0.1) is 0 Å². The van der Waals surface area contributed by atoms with Crippen LogP contribution in [0.25, 0.3) is 15.8 Å². The summed E-state index contributed by atoms with van der Waals surface area (Å²) in [5.74, 6) is 0. The van der Waals surface area contributed by atoms with Crippen LogP contribution < -0.4 is 0 Å². The zero-order valence-electron chi connectivity index (χ0n) is 13.3. The molecule has 3 rings (SSSR count). The number of fused-ring (bicyclic) bond motifs is 1. The monoisotopic (exact) mass is 351 g/mol. The van der Waals surface area contributed by atoms with Gasteiger partial charge in [0.15, 0.2) is 0 Å². The van der Waals surface area contributed by atoms with Gasteiger partial charge in [-0.05, 0) is 38.8 Å². The van der Waals surface area contributed by atoms with E-state index in [1.165, 1.54) is 11.9 Å². The standard InChI is InChI=1S/C16H18ClN3O2S/c1-16(2,3)22-15(21)20-6-4-10(5-7-20)12-8-11-13(23-12)14(17)19-9-18-11/h4,8-9H,5-7H2,1-3H3. The molecule has 0 spiro atoms. The second-order valence-electron chi connectivity index (χ2n) is 6.40. The van der Waals surface area contributed by atoms with E-state index in [0.29, 0.717) is 18.2 Å². The Kier molecular flexibility index (Phi) is 4.29. The molecule has 0 unspecified atom stereocenters. The van der Waals surface area contributed by atoms with E-state index in [-0.39, 0.29) is 6.09 Å². The Morgan fingerprint density at radius 3 is 2.78 bits per heavy atom. The molecule has 0 saturated heterocycles. The Morgan fingerprint density at radius 1 is 1.39 bits per heavy atom. The number of aromatic nitrogens is 2. The van der Waals surface area contributed by atoms with E-state index in [1.54, 1.807) is 16.2 Å². The molecule has 0 fully saturated rings. The molecule has 3 heterocycles. The highest BCUT2D eigenvalue weighted by Crippen LogP contribution is 2.35. The second kappa shape index (κ2) is 6.09. The number of rotatable bonds is 1. The molecular weight excluding hydrogens is 334 g/mol. The van der Waals surface area contributed by atoms with Crippen LogP contribution >= 0.6 is 22.9 Å². The Morgan fingerprint density at radius 2 is 2.17 bits per heavy atom. The average molecular weight is 352 g/mol. The number of amides is 1.